The highest BCUT2D eigenvalue weighted by molar-refractivity contribution is 5.94. The van der Waals surface area contributed by atoms with E-state index in [1.54, 1.807) is 0 Å². The maximum absolute atomic E-state index is 12.1. The summed E-state index contributed by atoms with van der Waals surface area (Å²) in [5.41, 5.74) is -2.98. The summed E-state index contributed by atoms with van der Waals surface area (Å²) >= 11 is 0. The number of hydrogen-bond acceptors (Lipinski definition) is 16. The van der Waals surface area contributed by atoms with Crippen molar-refractivity contribution < 1.29 is 120 Å². The fraction of sp³-hybridized carbons (Fsp3) is 0.333. The summed E-state index contributed by atoms with van der Waals surface area (Å²) in [6.07, 6.45) is -5.63. The van der Waals surface area contributed by atoms with Gasteiger partial charge in [0.2, 0.25) is 0 Å². The second-order valence-corrected chi connectivity index (χ2v) is 17.3. The largest absolute Gasteiger partial charge is 0.508 e. The molecule has 5 rings (SSSR count). The molecule has 0 saturated carbocycles. The van der Waals surface area contributed by atoms with Gasteiger partial charge in [0, 0.05) is 92.4 Å². The van der Waals surface area contributed by atoms with Crippen molar-refractivity contribution >= 4 is 47.8 Å². The minimum absolute atomic E-state index is 0.373. The van der Waals surface area contributed by atoms with Crippen LogP contribution in [0.4, 0.5) is 0 Å². The molecule has 24 nitrogen and oxygen atoms in total. The summed E-state index contributed by atoms with van der Waals surface area (Å²) in [5, 5.41) is 171. The quantitative estimate of drug-likeness (QED) is 0.0544. The summed E-state index contributed by atoms with van der Waals surface area (Å²) in [4.78, 5) is 97.2. The van der Waals surface area contributed by atoms with Crippen molar-refractivity contribution in [3.63, 3.8) is 0 Å². The van der Waals surface area contributed by atoms with Crippen molar-refractivity contribution in [2.45, 2.75) is 75.0 Å². The molecule has 0 spiro atoms. The number of phenolic OH excluding ortho intramolecular Hbond substituents is 8. The molecule has 0 unspecified atom stereocenters. The van der Waals surface area contributed by atoms with E-state index < -0.39 is 192 Å². The second-order valence-electron chi connectivity index (χ2n) is 17.3. The topological polar surface area (TPSA) is 460 Å². The third-order valence-electron chi connectivity index (χ3n) is 13.1. The Balaban J connectivity index is 2.01. The Morgan fingerprint density at radius 2 is 0.389 bits per heavy atom. The van der Waals surface area contributed by atoms with E-state index in [1.807, 2.05) is 0 Å². The number of hydrogen-bond donors (Lipinski definition) is 16. The predicted molar refractivity (Wildman–Crippen MR) is 238 cm³/mol. The molecule has 8 bridgehead atoms. The summed E-state index contributed by atoms with van der Waals surface area (Å²) < 4.78 is 0. The average Bonchev–Trinajstić information content (AvgIpc) is 3.25. The van der Waals surface area contributed by atoms with Crippen LogP contribution >= 0.6 is 0 Å². The van der Waals surface area contributed by atoms with Crippen LogP contribution in [0.25, 0.3) is 0 Å². The van der Waals surface area contributed by atoms with Crippen molar-refractivity contribution in [3.8, 4) is 46.0 Å². The highest BCUT2D eigenvalue weighted by Gasteiger charge is 2.38. The number of aliphatic carboxylic acids is 8. The van der Waals surface area contributed by atoms with Crippen molar-refractivity contribution in [1.29, 1.82) is 0 Å². The Morgan fingerprint density at radius 1 is 0.264 bits per heavy atom. The molecule has 0 heterocycles. The van der Waals surface area contributed by atoms with Gasteiger partial charge in [-0.3, -0.25) is 38.4 Å². The van der Waals surface area contributed by atoms with Gasteiger partial charge in [0.1, 0.15) is 46.0 Å². The monoisotopic (exact) mass is 1010 g/mol. The molecule has 0 radical (unpaired) electrons. The van der Waals surface area contributed by atoms with E-state index in [0.717, 1.165) is 24.3 Å². The van der Waals surface area contributed by atoms with Gasteiger partial charge >= 0.3 is 47.8 Å². The van der Waals surface area contributed by atoms with Crippen molar-refractivity contribution in [2.24, 2.45) is 23.7 Å². The van der Waals surface area contributed by atoms with Crippen molar-refractivity contribution in [3.05, 3.63) is 93.0 Å². The zero-order valence-corrected chi connectivity index (χ0v) is 37.3. The Labute approximate surface area is 404 Å². The molecular formula is C48H48O24. The molecule has 1 aliphatic rings. The first kappa shape index (κ1) is 54.0. The standard InChI is InChI=1S/C48H48O24/c49-33-13-35(51)27-9-25(33)17(1-5-21(41(57)58)42(59)60)26-10-28(36(52)14-34(26)50)19(3-7-23(45(65)66)46(67)68)30-12-32(40(56)16-38(30)54)20(4-8-24(47(69)70)48(71)72)31-11-29(37(53)15-39(31)55)18(27)2-6-22(43(61)62)44(63)64/h9-24,49-56H,1-8H2,(H,57,58)(H,59,60)(H,61,62)(H,63,64)(H,65,66)(H,67,68)(H,69,70)(H,71,72). The molecule has 0 aromatic heterocycles. The highest BCUT2D eigenvalue weighted by atomic mass is 16.4. The first-order chi connectivity index (χ1) is 33.7. The lowest BCUT2D eigenvalue weighted by Gasteiger charge is -2.29. The SMILES string of the molecule is O=C(O)C(CCC1c2cc(c(O)cc2O)C(CCC(C(=O)O)C(=O)O)c2cc(c(O)cc2O)C(CCC(C(=O)O)C(=O)O)c2cc(c(O)cc2O)C(CCC(C(=O)O)C(=O)O)c2cc1c(O)cc2O)C(=O)O. The smallest absolute Gasteiger partial charge is 0.317 e. The maximum Gasteiger partial charge on any atom is 0.317 e. The van der Waals surface area contributed by atoms with Gasteiger partial charge in [-0.1, -0.05) is 0 Å². The molecule has 1 aliphatic carbocycles. The lowest BCUT2D eigenvalue weighted by molar-refractivity contribution is -0.156. The molecule has 4 aromatic rings. The molecule has 72 heavy (non-hydrogen) atoms. The van der Waals surface area contributed by atoms with Crippen LogP contribution in [0.15, 0.2) is 48.5 Å². The van der Waals surface area contributed by atoms with Crippen molar-refractivity contribution in [2.75, 3.05) is 0 Å². The zero-order valence-electron chi connectivity index (χ0n) is 37.3. The predicted octanol–water partition coefficient (Wildman–Crippen LogP) is 4.43. The third-order valence-corrected chi connectivity index (χ3v) is 13.1. The molecule has 0 aliphatic heterocycles. The summed E-state index contributed by atoms with van der Waals surface area (Å²) in [6, 6.07) is 6.91. The second kappa shape index (κ2) is 21.8. The Bertz CT molecular complexity index is 2310. The summed E-state index contributed by atoms with van der Waals surface area (Å²) in [6.45, 7) is 0. The van der Waals surface area contributed by atoms with Crippen LogP contribution in [-0.2, 0) is 38.4 Å². The van der Waals surface area contributed by atoms with E-state index in [0.29, 0.717) is 24.3 Å². The van der Waals surface area contributed by atoms with Gasteiger partial charge in [-0.2, -0.15) is 0 Å². The molecule has 24 heteroatoms. The van der Waals surface area contributed by atoms with E-state index in [9.17, 15) is 120 Å². The Hall–Kier alpha value is -8.96. The minimum atomic E-state index is -2.15. The third kappa shape index (κ3) is 11.4. The molecular weight excluding hydrogens is 961 g/mol. The van der Waals surface area contributed by atoms with E-state index in [-0.39, 0.29) is 44.5 Å². The van der Waals surface area contributed by atoms with Crippen LogP contribution in [0.5, 0.6) is 46.0 Å². The van der Waals surface area contributed by atoms with E-state index >= 15 is 0 Å². The van der Waals surface area contributed by atoms with Gasteiger partial charge in [-0.25, -0.2) is 0 Å². The van der Waals surface area contributed by atoms with Gasteiger partial charge in [-0.15, -0.1) is 0 Å². The summed E-state index contributed by atoms with van der Waals surface area (Å²) in [7, 11) is 0. The number of fused-ring (bicyclic) bond motifs is 8. The molecule has 4 aromatic carbocycles. The highest BCUT2D eigenvalue weighted by Crippen LogP contribution is 2.53. The Kier molecular flexibility index (Phi) is 16.3. The van der Waals surface area contributed by atoms with Crippen LogP contribution in [0.2, 0.25) is 0 Å². The van der Waals surface area contributed by atoms with E-state index in [1.165, 1.54) is 0 Å². The van der Waals surface area contributed by atoms with Crippen molar-refractivity contribution in [1.82, 2.24) is 0 Å². The van der Waals surface area contributed by atoms with Gasteiger partial charge in [0.25, 0.3) is 0 Å². The molecule has 16 N–H and O–H groups in total. The zero-order chi connectivity index (χ0) is 53.8. The van der Waals surface area contributed by atoms with E-state index in [2.05, 4.69) is 0 Å². The molecule has 0 saturated heterocycles. The van der Waals surface area contributed by atoms with Crippen LogP contribution in [0.1, 0.15) is 120 Å². The maximum atomic E-state index is 12.1. The molecule has 0 fully saturated rings. The van der Waals surface area contributed by atoms with Gasteiger partial charge in [-0.05, 0) is 75.6 Å². The van der Waals surface area contributed by atoms with Crippen LogP contribution in [0.3, 0.4) is 0 Å². The van der Waals surface area contributed by atoms with Gasteiger partial charge in [0.05, 0.1) is 0 Å². The fourth-order valence-electron chi connectivity index (χ4n) is 9.34. The molecule has 0 amide bonds. The lowest BCUT2D eigenvalue weighted by Crippen LogP contribution is -2.24. The molecule has 384 valence electrons. The number of aromatic hydroxyl groups is 8. The van der Waals surface area contributed by atoms with Crippen LogP contribution in [-0.4, -0.2) is 129 Å². The minimum Gasteiger partial charge on any atom is -0.508 e. The number of rotatable bonds is 20. The number of carboxylic acids is 8. The number of carbonyl (C=O) groups is 8. The molecule has 0 atom stereocenters. The first-order valence-corrected chi connectivity index (χ1v) is 21.7. The average molecular weight is 1010 g/mol. The van der Waals surface area contributed by atoms with Gasteiger partial charge in [0.15, 0.2) is 23.7 Å². The summed E-state index contributed by atoms with van der Waals surface area (Å²) in [5.74, 6) is -36.3. The van der Waals surface area contributed by atoms with Gasteiger partial charge < -0.3 is 81.7 Å². The first-order valence-electron chi connectivity index (χ1n) is 21.7. The number of carboxylic acid groups (broad SMARTS) is 8. The van der Waals surface area contributed by atoms with Crippen LogP contribution < -0.4 is 0 Å². The fourth-order valence-corrected chi connectivity index (χ4v) is 9.34. The van der Waals surface area contributed by atoms with Crippen LogP contribution in [0, 0.1) is 23.7 Å². The lowest BCUT2D eigenvalue weighted by atomic mass is 9.75. The van der Waals surface area contributed by atoms with E-state index in [4.69, 9.17) is 0 Å². The Morgan fingerprint density at radius 3 is 0.500 bits per heavy atom. The number of phenols is 8. The normalized spacial score (nSPS) is 16.4. The number of benzene rings is 4.